The summed E-state index contributed by atoms with van der Waals surface area (Å²) in [7, 11) is 0. The standard InChI is InChI=1S/C17H17F2N3O2S/c1-10-15(17(24)22-8-6-21(7-9-22)11(2)23)25-16(20-10)14-12(18)4-3-5-13(14)19/h3-5H,6-9H2,1-2H3. The molecule has 0 bridgehead atoms. The minimum atomic E-state index is -0.706. The van der Waals surface area contributed by atoms with E-state index in [2.05, 4.69) is 4.98 Å². The molecule has 5 nitrogen and oxygen atoms in total. The van der Waals surface area contributed by atoms with Gasteiger partial charge in [-0.25, -0.2) is 13.8 Å². The summed E-state index contributed by atoms with van der Waals surface area (Å²) >= 11 is 0.987. The fraction of sp³-hybridized carbons (Fsp3) is 0.353. The van der Waals surface area contributed by atoms with Crippen molar-refractivity contribution in [3.8, 4) is 10.6 Å². The lowest BCUT2D eigenvalue weighted by Crippen LogP contribution is -2.50. The normalized spacial score (nSPS) is 14.7. The largest absolute Gasteiger partial charge is 0.339 e. The van der Waals surface area contributed by atoms with E-state index in [0.717, 1.165) is 23.5 Å². The molecule has 2 heterocycles. The van der Waals surface area contributed by atoms with Gasteiger partial charge in [-0.05, 0) is 19.1 Å². The van der Waals surface area contributed by atoms with Crippen LogP contribution in [0, 0.1) is 18.6 Å². The van der Waals surface area contributed by atoms with Crippen molar-refractivity contribution in [1.29, 1.82) is 0 Å². The molecule has 25 heavy (non-hydrogen) atoms. The fourth-order valence-electron chi connectivity index (χ4n) is 2.77. The number of carbonyl (C=O) groups excluding carboxylic acids is 2. The number of aryl methyl sites for hydroxylation is 1. The Bertz CT molecular complexity index is 809. The molecule has 0 unspecified atom stereocenters. The molecule has 0 atom stereocenters. The fourth-order valence-corrected chi connectivity index (χ4v) is 3.85. The van der Waals surface area contributed by atoms with Gasteiger partial charge in [0.1, 0.15) is 21.5 Å². The zero-order chi connectivity index (χ0) is 18.1. The van der Waals surface area contributed by atoms with E-state index < -0.39 is 11.6 Å². The molecule has 3 rings (SSSR count). The summed E-state index contributed by atoms with van der Waals surface area (Å²) in [4.78, 5) is 32.0. The molecule has 1 saturated heterocycles. The second-order valence-corrected chi connectivity index (χ2v) is 6.83. The molecule has 1 aromatic carbocycles. The third-order valence-corrected chi connectivity index (χ3v) is 5.34. The SMILES string of the molecule is CC(=O)N1CCN(C(=O)c2sc(-c3c(F)cccc3F)nc2C)CC1. The van der Waals surface area contributed by atoms with Crippen LogP contribution >= 0.6 is 11.3 Å². The van der Waals surface area contributed by atoms with Gasteiger partial charge in [0.25, 0.3) is 5.91 Å². The first-order valence-corrected chi connectivity index (χ1v) is 8.66. The Morgan fingerprint density at radius 1 is 1.08 bits per heavy atom. The Labute approximate surface area is 147 Å². The van der Waals surface area contributed by atoms with Gasteiger partial charge < -0.3 is 9.80 Å². The van der Waals surface area contributed by atoms with Crippen LogP contribution < -0.4 is 0 Å². The molecule has 0 radical (unpaired) electrons. The molecule has 8 heteroatoms. The summed E-state index contributed by atoms with van der Waals surface area (Å²) in [6, 6.07) is 3.62. The van der Waals surface area contributed by atoms with Crippen molar-refractivity contribution in [3.05, 3.63) is 40.4 Å². The van der Waals surface area contributed by atoms with Crippen LogP contribution in [0.2, 0.25) is 0 Å². The topological polar surface area (TPSA) is 53.5 Å². The Morgan fingerprint density at radius 2 is 1.64 bits per heavy atom. The van der Waals surface area contributed by atoms with Gasteiger partial charge in [-0.15, -0.1) is 11.3 Å². The predicted molar refractivity (Wildman–Crippen MR) is 90.4 cm³/mol. The van der Waals surface area contributed by atoms with E-state index in [9.17, 15) is 18.4 Å². The van der Waals surface area contributed by atoms with Gasteiger partial charge in [-0.3, -0.25) is 9.59 Å². The van der Waals surface area contributed by atoms with E-state index in [0.29, 0.717) is 36.8 Å². The highest BCUT2D eigenvalue weighted by atomic mass is 32.1. The lowest BCUT2D eigenvalue weighted by atomic mass is 10.2. The van der Waals surface area contributed by atoms with Crippen LogP contribution in [-0.2, 0) is 4.79 Å². The van der Waals surface area contributed by atoms with Crippen molar-refractivity contribution in [2.45, 2.75) is 13.8 Å². The Balaban J connectivity index is 1.84. The second kappa shape index (κ2) is 6.87. The third-order valence-electron chi connectivity index (χ3n) is 4.18. The van der Waals surface area contributed by atoms with Crippen LogP contribution in [0.3, 0.4) is 0 Å². The molecule has 0 aliphatic carbocycles. The van der Waals surface area contributed by atoms with Crippen molar-refractivity contribution in [2.24, 2.45) is 0 Å². The summed E-state index contributed by atoms with van der Waals surface area (Å²) in [6.45, 7) is 4.97. The number of carbonyl (C=O) groups is 2. The van der Waals surface area contributed by atoms with E-state index in [1.165, 1.54) is 13.0 Å². The molecule has 1 fully saturated rings. The summed E-state index contributed by atoms with van der Waals surface area (Å²) in [5.41, 5.74) is 0.234. The third kappa shape index (κ3) is 3.39. The number of piperazine rings is 1. The van der Waals surface area contributed by atoms with Gasteiger partial charge in [0.15, 0.2) is 0 Å². The Morgan fingerprint density at radius 3 is 2.20 bits per heavy atom. The molecule has 0 spiro atoms. The monoisotopic (exact) mass is 365 g/mol. The van der Waals surface area contributed by atoms with Crippen molar-refractivity contribution >= 4 is 23.2 Å². The molecule has 132 valence electrons. The van der Waals surface area contributed by atoms with Crippen LogP contribution in [0.4, 0.5) is 8.78 Å². The maximum atomic E-state index is 13.9. The molecule has 1 aromatic heterocycles. The maximum Gasteiger partial charge on any atom is 0.265 e. The van der Waals surface area contributed by atoms with Gasteiger partial charge in [-0.2, -0.15) is 0 Å². The predicted octanol–water partition coefficient (Wildman–Crippen LogP) is 2.70. The van der Waals surface area contributed by atoms with Gasteiger partial charge in [0.05, 0.1) is 11.3 Å². The van der Waals surface area contributed by atoms with Crippen LogP contribution in [0.15, 0.2) is 18.2 Å². The van der Waals surface area contributed by atoms with Crippen molar-refractivity contribution in [3.63, 3.8) is 0 Å². The molecule has 2 amide bonds. The zero-order valence-electron chi connectivity index (χ0n) is 13.9. The molecule has 1 aliphatic rings. The van der Waals surface area contributed by atoms with Crippen molar-refractivity contribution in [1.82, 2.24) is 14.8 Å². The van der Waals surface area contributed by atoms with E-state index in [1.54, 1.807) is 16.7 Å². The van der Waals surface area contributed by atoms with Crippen LogP contribution in [0.5, 0.6) is 0 Å². The summed E-state index contributed by atoms with van der Waals surface area (Å²) in [5, 5.41) is 0.152. The highest BCUT2D eigenvalue weighted by molar-refractivity contribution is 7.17. The highest BCUT2D eigenvalue weighted by Crippen LogP contribution is 2.32. The van der Waals surface area contributed by atoms with Crippen LogP contribution in [0.25, 0.3) is 10.6 Å². The number of amides is 2. The van der Waals surface area contributed by atoms with E-state index >= 15 is 0 Å². The number of aromatic nitrogens is 1. The summed E-state index contributed by atoms with van der Waals surface area (Å²) in [5.74, 6) is -1.65. The van der Waals surface area contributed by atoms with Crippen molar-refractivity contribution in [2.75, 3.05) is 26.2 Å². The number of benzene rings is 1. The first-order chi connectivity index (χ1) is 11.9. The number of thiazole rings is 1. The number of nitrogens with zero attached hydrogens (tertiary/aromatic N) is 3. The van der Waals surface area contributed by atoms with E-state index in [-0.39, 0.29) is 22.4 Å². The average Bonchev–Trinajstić information content (AvgIpc) is 2.95. The number of rotatable bonds is 2. The number of hydrogen-bond donors (Lipinski definition) is 0. The first-order valence-electron chi connectivity index (χ1n) is 7.85. The Kier molecular flexibility index (Phi) is 4.80. The lowest BCUT2D eigenvalue weighted by molar-refractivity contribution is -0.130. The van der Waals surface area contributed by atoms with Gasteiger partial charge in [-0.1, -0.05) is 6.07 Å². The van der Waals surface area contributed by atoms with Crippen LogP contribution in [0.1, 0.15) is 22.3 Å². The molecular formula is C17H17F2N3O2S. The number of hydrogen-bond acceptors (Lipinski definition) is 4. The van der Waals surface area contributed by atoms with Gasteiger partial charge in [0, 0.05) is 33.1 Å². The minimum absolute atomic E-state index is 0.0154. The first kappa shape index (κ1) is 17.5. The molecule has 1 aliphatic heterocycles. The smallest absolute Gasteiger partial charge is 0.265 e. The second-order valence-electron chi connectivity index (χ2n) is 5.83. The molecular weight excluding hydrogens is 348 g/mol. The summed E-state index contributed by atoms with van der Waals surface area (Å²) < 4.78 is 27.9. The minimum Gasteiger partial charge on any atom is -0.339 e. The van der Waals surface area contributed by atoms with E-state index in [1.807, 2.05) is 0 Å². The number of halogens is 2. The van der Waals surface area contributed by atoms with Crippen LogP contribution in [-0.4, -0.2) is 52.8 Å². The van der Waals surface area contributed by atoms with Gasteiger partial charge >= 0.3 is 0 Å². The quantitative estimate of drug-likeness (QED) is 0.822. The lowest BCUT2D eigenvalue weighted by Gasteiger charge is -2.34. The molecule has 0 saturated carbocycles. The maximum absolute atomic E-state index is 13.9. The van der Waals surface area contributed by atoms with E-state index in [4.69, 9.17) is 0 Å². The van der Waals surface area contributed by atoms with Gasteiger partial charge in [0.2, 0.25) is 5.91 Å². The summed E-state index contributed by atoms with van der Waals surface area (Å²) in [6.07, 6.45) is 0. The highest BCUT2D eigenvalue weighted by Gasteiger charge is 2.27. The van der Waals surface area contributed by atoms with Crippen molar-refractivity contribution < 1.29 is 18.4 Å². The zero-order valence-corrected chi connectivity index (χ0v) is 14.7. The average molecular weight is 365 g/mol. The molecule has 2 aromatic rings. The molecule has 0 N–H and O–H groups in total. The Hall–Kier alpha value is -2.35.